The van der Waals surface area contributed by atoms with E-state index in [1.54, 1.807) is 23.1 Å². The summed E-state index contributed by atoms with van der Waals surface area (Å²) in [6.45, 7) is 5.57. The Morgan fingerprint density at radius 3 is 2.36 bits per heavy atom. The number of hydrogen-bond donors (Lipinski definition) is 1. The summed E-state index contributed by atoms with van der Waals surface area (Å²) < 4.78 is 17.9. The Kier molecular flexibility index (Phi) is 11.8. The van der Waals surface area contributed by atoms with Crippen molar-refractivity contribution in [2.45, 2.75) is 12.8 Å². The van der Waals surface area contributed by atoms with Gasteiger partial charge in [0, 0.05) is 31.7 Å². The molecule has 2 aliphatic heterocycles. The number of carbonyl (C=O) groups excluding carboxylic acids is 1. The number of nitrogens with zero attached hydrogens (tertiary/aromatic N) is 2. The number of carboxylic acids is 1. The average molecular weight is 688 g/mol. The summed E-state index contributed by atoms with van der Waals surface area (Å²) in [6, 6.07) is 17.5. The Labute approximate surface area is 281 Å². The summed E-state index contributed by atoms with van der Waals surface area (Å²) >= 11 is 19.3. The third-order valence-corrected chi connectivity index (χ3v) is 9.42. The number of ether oxygens (including phenoxy) is 3. The Hall–Kier alpha value is -3.12. The number of amides is 1. The summed E-state index contributed by atoms with van der Waals surface area (Å²) in [4.78, 5) is 28.9. The van der Waals surface area contributed by atoms with E-state index in [1.807, 2.05) is 36.4 Å². The van der Waals surface area contributed by atoms with E-state index in [1.165, 1.54) is 23.9 Å². The monoisotopic (exact) mass is 686 g/mol. The number of benzene rings is 3. The lowest BCUT2D eigenvalue weighted by Crippen LogP contribution is -2.37. The van der Waals surface area contributed by atoms with E-state index >= 15 is 0 Å². The lowest BCUT2D eigenvalue weighted by atomic mass is 10.0. The van der Waals surface area contributed by atoms with E-state index in [9.17, 15) is 9.59 Å². The minimum Gasteiger partial charge on any atom is -0.494 e. The molecule has 0 bridgehead atoms. The highest BCUT2D eigenvalue weighted by Crippen LogP contribution is 2.37. The highest BCUT2D eigenvalue weighted by molar-refractivity contribution is 8.26. The van der Waals surface area contributed by atoms with Gasteiger partial charge in [0.15, 0.2) is 0 Å². The largest absolute Gasteiger partial charge is 0.494 e. The van der Waals surface area contributed by atoms with E-state index in [2.05, 4.69) is 4.90 Å². The lowest BCUT2D eigenvalue weighted by Gasteiger charge is -2.26. The molecule has 3 aromatic rings. The first-order chi connectivity index (χ1) is 21.8. The van der Waals surface area contributed by atoms with Crippen molar-refractivity contribution in [2.24, 2.45) is 0 Å². The average Bonchev–Trinajstić information content (AvgIpc) is 3.31. The molecule has 3 aromatic carbocycles. The Balaban J connectivity index is 1.26. The number of halogens is 2. The normalized spacial score (nSPS) is 16.4. The molecule has 0 saturated carbocycles. The minimum absolute atomic E-state index is 0.172. The zero-order valence-corrected chi connectivity index (χ0v) is 27.5. The fraction of sp³-hybridized carbons (Fsp3) is 0.303. The third kappa shape index (κ3) is 9.00. The number of carbonyl (C=O) groups is 2. The van der Waals surface area contributed by atoms with Gasteiger partial charge >= 0.3 is 5.97 Å². The Morgan fingerprint density at radius 1 is 0.933 bits per heavy atom. The van der Waals surface area contributed by atoms with Crippen molar-refractivity contribution in [2.75, 3.05) is 52.6 Å². The second kappa shape index (κ2) is 15.9. The van der Waals surface area contributed by atoms with Crippen LogP contribution in [0.4, 0.5) is 0 Å². The van der Waals surface area contributed by atoms with Gasteiger partial charge in [0.2, 0.25) is 0 Å². The number of hydrogen-bond acceptors (Lipinski definition) is 8. The van der Waals surface area contributed by atoms with Crippen LogP contribution in [0, 0.1) is 0 Å². The molecular weight excluding hydrogens is 655 g/mol. The molecule has 5 rings (SSSR count). The molecule has 0 aliphatic carbocycles. The molecule has 0 atom stereocenters. The standard InChI is InChI=1S/C33H32Cl2N2O6S2/c34-27-9-5-24(20-28(27)35)23-6-10-29(43-16-1-11-36-13-17-41-18-14-36)25(19-23)21-30-31(38)37(33(44)45-30)12-2-15-42-26-7-3-22(4-8-26)32(39)40/h3-10,19-21H,1-2,11-18H2,(H,39,40). The second-order valence-electron chi connectivity index (χ2n) is 10.4. The maximum atomic E-state index is 13.4. The topological polar surface area (TPSA) is 88.5 Å². The lowest BCUT2D eigenvalue weighted by molar-refractivity contribution is -0.122. The van der Waals surface area contributed by atoms with E-state index in [4.69, 9.17) is 54.7 Å². The SMILES string of the molecule is O=C(O)c1ccc(OCCCN2C(=O)C(=Cc3cc(-c4ccc(Cl)c(Cl)c4)ccc3OCCCN3CCOCC3)SC2=S)cc1. The fourth-order valence-electron chi connectivity index (χ4n) is 4.88. The molecule has 0 spiro atoms. The number of thioether (sulfide) groups is 1. The van der Waals surface area contributed by atoms with E-state index in [0.29, 0.717) is 56.9 Å². The summed E-state index contributed by atoms with van der Waals surface area (Å²) in [5.74, 6) is 0.0690. The summed E-state index contributed by atoms with van der Waals surface area (Å²) in [6.07, 6.45) is 3.24. The number of morpholine rings is 1. The Morgan fingerprint density at radius 2 is 1.62 bits per heavy atom. The molecule has 12 heteroatoms. The molecule has 236 valence electrons. The quantitative estimate of drug-likeness (QED) is 0.115. The number of rotatable bonds is 13. The van der Waals surface area contributed by atoms with Crippen LogP contribution in [0.3, 0.4) is 0 Å². The molecule has 2 aliphatic rings. The molecule has 8 nitrogen and oxygen atoms in total. The smallest absolute Gasteiger partial charge is 0.335 e. The van der Waals surface area contributed by atoms with Crippen LogP contribution in [0.2, 0.25) is 10.0 Å². The van der Waals surface area contributed by atoms with E-state index in [0.717, 1.165) is 56.0 Å². The van der Waals surface area contributed by atoms with Gasteiger partial charge in [-0.3, -0.25) is 14.6 Å². The third-order valence-electron chi connectivity index (χ3n) is 7.30. The zero-order chi connectivity index (χ0) is 31.8. The molecular formula is C33H32Cl2N2O6S2. The van der Waals surface area contributed by atoms with Crippen LogP contribution in [0.5, 0.6) is 11.5 Å². The minimum atomic E-state index is -0.993. The van der Waals surface area contributed by atoms with Gasteiger partial charge in [-0.05, 0) is 78.6 Å². The maximum absolute atomic E-state index is 13.4. The molecule has 1 amide bonds. The van der Waals surface area contributed by atoms with E-state index in [-0.39, 0.29) is 11.5 Å². The molecule has 0 radical (unpaired) electrons. The van der Waals surface area contributed by atoms with Gasteiger partial charge in [-0.15, -0.1) is 0 Å². The molecule has 2 fully saturated rings. The first kappa shape index (κ1) is 33.2. The van der Waals surface area contributed by atoms with Crippen LogP contribution in [-0.4, -0.2) is 83.7 Å². The predicted octanol–water partition coefficient (Wildman–Crippen LogP) is 7.13. The number of aromatic carboxylic acids is 1. The number of carboxylic acid groups (broad SMARTS) is 1. The first-order valence-corrected chi connectivity index (χ1v) is 16.5. The molecule has 0 aromatic heterocycles. The molecule has 45 heavy (non-hydrogen) atoms. The van der Waals surface area contributed by atoms with Gasteiger partial charge in [-0.2, -0.15) is 0 Å². The highest BCUT2D eigenvalue weighted by Gasteiger charge is 2.32. The van der Waals surface area contributed by atoms with Crippen LogP contribution in [-0.2, 0) is 9.53 Å². The summed E-state index contributed by atoms with van der Waals surface area (Å²) in [7, 11) is 0. The van der Waals surface area contributed by atoms with Crippen molar-refractivity contribution in [3.05, 3.63) is 86.7 Å². The maximum Gasteiger partial charge on any atom is 0.335 e. The first-order valence-electron chi connectivity index (χ1n) is 14.5. The van der Waals surface area contributed by atoms with Crippen LogP contribution >= 0.6 is 47.2 Å². The number of thiocarbonyl (C=S) groups is 1. The second-order valence-corrected chi connectivity index (χ2v) is 12.9. The van der Waals surface area contributed by atoms with Crippen molar-refractivity contribution >= 4 is 69.5 Å². The zero-order valence-electron chi connectivity index (χ0n) is 24.4. The van der Waals surface area contributed by atoms with Gasteiger partial charge in [0.1, 0.15) is 15.8 Å². The van der Waals surface area contributed by atoms with Gasteiger partial charge in [-0.25, -0.2) is 4.79 Å². The molecule has 2 saturated heterocycles. The van der Waals surface area contributed by atoms with Crippen molar-refractivity contribution in [1.29, 1.82) is 0 Å². The van der Waals surface area contributed by atoms with E-state index < -0.39 is 5.97 Å². The van der Waals surface area contributed by atoms with Gasteiger partial charge < -0.3 is 19.3 Å². The van der Waals surface area contributed by atoms with Crippen LogP contribution in [0.1, 0.15) is 28.8 Å². The van der Waals surface area contributed by atoms with Gasteiger partial charge in [0.05, 0.1) is 46.9 Å². The molecule has 2 heterocycles. The fourth-order valence-corrected chi connectivity index (χ4v) is 6.48. The molecule has 0 unspecified atom stereocenters. The van der Waals surface area contributed by atoms with Crippen LogP contribution in [0.25, 0.3) is 17.2 Å². The van der Waals surface area contributed by atoms with Gasteiger partial charge in [-0.1, -0.05) is 59.3 Å². The highest BCUT2D eigenvalue weighted by atomic mass is 35.5. The van der Waals surface area contributed by atoms with Gasteiger partial charge in [0.25, 0.3) is 5.91 Å². The van der Waals surface area contributed by atoms with Crippen LogP contribution in [0.15, 0.2) is 65.6 Å². The predicted molar refractivity (Wildman–Crippen MR) is 183 cm³/mol. The summed E-state index contributed by atoms with van der Waals surface area (Å²) in [5.41, 5.74) is 2.75. The summed E-state index contributed by atoms with van der Waals surface area (Å²) in [5, 5.41) is 9.99. The van der Waals surface area contributed by atoms with Crippen LogP contribution < -0.4 is 9.47 Å². The van der Waals surface area contributed by atoms with Crippen molar-refractivity contribution < 1.29 is 28.9 Å². The van der Waals surface area contributed by atoms with Crippen molar-refractivity contribution in [3.63, 3.8) is 0 Å². The van der Waals surface area contributed by atoms with Crippen molar-refractivity contribution in [1.82, 2.24) is 9.80 Å². The Bertz CT molecular complexity index is 1580. The van der Waals surface area contributed by atoms with Crippen molar-refractivity contribution in [3.8, 4) is 22.6 Å². The molecule has 1 N–H and O–H groups in total.